The number of benzene rings is 1. The number of aryl methyl sites for hydroxylation is 2. The number of fused-ring (bicyclic) bond motifs is 1. The van der Waals surface area contributed by atoms with Crippen LogP contribution in [0.25, 0.3) is 11.1 Å². The number of amides is 2. The van der Waals surface area contributed by atoms with E-state index in [4.69, 9.17) is 4.42 Å². The first kappa shape index (κ1) is 16.6. The fraction of sp³-hybridized carbons (Fsp3) is 0.421. The molecule has 2 amide bonds. The van der Waals surface area contributed by atoms with Crippen molar-refractivity contribution in [2.24, 2.45) is 7.05 Å². The zero-order chi connectivity index (χ0) is 17.9. The van der Waals surface area contributed by atoms with E-state index in [1.165, 1.54) is 0 Å². The van der Waals surface area contributed by atoms with Crippen LogP contribution in [0.5, 0.6) is 0 Å². The summed E-state index contributed by atoms with van der Waals surface area (Å²) in [6, 6.07) is 8.09. The van der Waals surface area contributed by atoms with Gasteiger partial charge in [-0.25, -0.2) is 9.78 Å². The van der Waals surface area contributed by atoms with Gasteiger partial charge in [0.1, 0.15) is 5.52 Å². The van der Waals surface area contributed by atoms with E-state index in [2.05, 4.69) is 15.4 Å². The van der Waals surface area contributed by atoms with Gasteiger partial charge >= 0.3 is 6.03 Å². The fourth-order valence-corrected chi connectivity index (χ4v) is 3.07. The Bertz CT molecular complexity index is 863. The lowest BCUT2D eigenvalue weighted by molar-refractivity contribution is 0.192. The van der Waals surface area contributed by atoms with Crippen LogP contribution in [0.3, 0.4) is 0 Å². The number of carbonyl (C=O) groups is 1. The molecule has 0 bridgehead atoms. The lowest BCUT2D eigenvalue weighted by atomic mass is 10.3. The lowest BCUT2D eigenvalue weighted by Crippen LogP contribution is -2.41. The van der Waals surface area contributed by atoms with Crippen molar-refractivity contribution in [1.82, 2.24) is 25.0 Å². The Labute approximate surface area is 152 Å². The van der Waals surface area contributed by atoms with Crippen molar-refractivity contribution in [3.05, 3.63) is 48.1 Å². The van der Waals surface area contributed by atoms with Crippen molar-refractivity contribution in [2.75, 3.05) is 6.54 Å². The molecule has 2 aromatic heterocycles. The number of nitrogens with zero attached hydrogens (tertiary/aromatic N) is 4. The molecule has 1 fully saturated rings. The van der Waals surface area contributed by atoms with E-state index in [-0.39, 0.29) is 6.03 Å². The van der Waals surface area contributed by atoms with Crippen LogP contribution in [-0.2, 0) is 20.0 Å². The highest BCUT2D eigenvalue weighted by molar-refractivity contribution is 5.75. The summed E-state index contributed by atoms with van der Waals surface area (Å²) in [7, 11) is 1.89. The molecule has 1 aliphatic rings. The molecule has 1 N–H and O–H groups in total. The molecule has 7 heteroatoms. The van der Waals surface area contributed by atoms with Crippen LogP contribution in [0.4, 0.5) is 4.79 Å². The second kappa shape index (κ2) is 7.19. The Morgan fingerprint density at radius 2 is 2.23 bits per heavy atom. The monoisotopic (exact) mass is 353 g/mol. The number of oxazole rings is 1. The SMILES string of the molecule is Cn1cc(CN(C(=O)NCCCc2nc3ccccc3o2)C2CC2)cn1. The van der Waals surface area contributed by atoms with Gasteiger partial charge in [0, 0.05) is 37.8 Å². The summed E-state index contributed by atoms with van der Waals surface area (Å²) >= 11 is 0. The number of carbonyl (C=O) groups excluding carboxylic acids is 1. The number of hydrogen-bond acceptors (Lipinski definition) is 4. The van der Waals surface area contributed by atoms with Gasteiger partial charge < -0.3 is 14.6 Å². The highest BCUT2D eigenvalue weighted by atomic mass is 16.3. The molecule has 0 saturated heterocycles. The number of urea groups is 1. The van der Waals surface area contributed by atoms with Crippen LogP contribution in [0.1, 0.15) is 30.7 Å². The Morgan fingerprint density at radius 1 is 1.38 bits per heavy atom. The molecule has 1 aliphatic carbocycles. The van der Waals surface area contributed by atoms with Crippen molar-refractivity contribution < 1.29 is 9.21 Å². The van der Waals surface area contributed by atoms with E-state index in [1.54, 1.807) is 4.68 Å². The first-order valence-corrected chi connectivity index (χ1v) is 9.05. The highest BCUT2D eigenvalue weighted by Crippen LogP contribution is 2.28. The van der Waals surface area contributed by atoms with Crippen molar-refractivity contribution >= 4 is 17.1 Å². The summed E-state index contributed by atoms with van der Waals surface area (Å²) in [6.45, 7) is 1.21. The minimum Gasteiger partial charge on any atom is -0.441 e. The first-order chi connectivity index (χ1) is 12.7. The normalized spacial score (nSPS) is 13.9. The highest BCUT2D eigenvalue weighted by Gasteiger charge is 2.32. The zero-order valence-corrected chi connectivity index (χ0v) is 14.9. The third-order valence-electron chi connectivity index (χ3n) is 4.54. The third kappa shape index (κ3) is 3.87. The number of para-hydroxylation sites is 2. The Morgan fingerprint density at radius 3 is 2.96 bits per heavy atom. The van der Waals surface area contributed by atoms with Crippen molar-refractivity contribution in [3.8, 4) is 0 Å². The maximum atomic E-state index is 12.5. The molecule has 1 saturated carbocycles. The van der Waals surface area contributed by atoms with E-state index < -0.39 is 0 Å². The second-order valence-electron chi connectivity index (χ2n) is 6.79. The molecule has 26 heavy (non-hydrogen) atoms. The van der Waals surface area contributed by atoms with Gasteiger partial charge in [-0.1, -0.05) is 12.1 Å². The van der Waals surface area contributed by atoms with Gasteiger partial charge in [-0.2, -0.15) is 5.10 Å². The molecule has 1 aromatic carbocycles. The van der Waals surface area contributed by atoms with Crippen molar-refractivity contribution in [3.63, 3.8) is 0 Å². The van der Waals surface area contributed by atoms with Gasteiger partial charge in [0.2, 0.25) is 0 Å². The smallest absolute Gasteiger partial charge is 0.317 e. The van der Waals surface area contributed by atoms with Gasteiger partial charge in [0.15, 0.2) is 11.5 Å². The Hall–Kier alpha value is -2.83. The first-order valence-electron chi connectivity index (χ1n) is 9.05. The number of hydrogen-bond donors (Lipinski definition) is 1. The van der Waals surface area contributed by atoms with E-state index in [0.717, 1.165) is 41.8 Å². The van der Waals surface area contributed by atoms with Gasteiger partial charge in [-0.15, -0.1) is 0 Å². The third-order valence-corrected chi connectivity index (χ3v) is 4.54. The maximum absolute atomic E-state index is 12.5. The van der Waals surface area contributed by atoms with Gasteiger partial charge in [0.25, 0.3) is 0 Å². The van der Waals surface area contributed by atoms with Crippen LogP contribution < -0.4 is 5.32 Å². The summed E-state index contributed by atoms with van der Waals surface area (Å²) in [5.41, 5.74) is 2.74. The average molecular weight is 353 g/mol. The minimum absolute atomic E-state index is 0.00563. The van der Waals surface area contributed by atoms with Crippen molar-refractivity contribution in [1.29, 1.82) is 0 Å². The van der Waals surface area contributed by atoms with Crippen LogP contribution in [0.15, 0.2) is 41.1 Å². The van der Waals surface area contributed by atoms with Crippen molar-refractivity contribution in [2.45, 2.75) is 38.3 Å². The molecule has 136 valence electrons. The topological polar surface area (TPSA) is 76.2 Å². The van der Waals surface area contributed by atoms with E-state index in [1.807, 2.05) is 48.6 Å². The predicted octanol–water partition coefficient (Wildman–Crippen LogP) is 2.87. The number of nitrogens with one attached hydrogen (secondary N) is 1. The van der Waals surface area contributed by atoms with E-state index >= 15 is 0 Å². The van der Waals surface area contributed by atoms with Crippen LogP contribution >= 0.6 is 0 Å². The largest absolute Gasteiger partial charge is 0.441 e. The average Bonchev–Trinajstić information content (AvgIpc) is 3.26. The van der Waals surface area contributed by atoms with Gasteiger partial charge in [0.05, 0.1) is 12.7 Å². The molecular weight excluding hydrogens is 330 g/mol. The van der Waals surface area contributed by atoms with Gasteiger partial charge in [-0.05, 0) is 31.4 Å². The lowest BCUT2D eigenvalue weighted by Gasteiger charge is -2.22. The molecular formula is C19H23N5O2. The summed E-state index contributed by atoms with van der Waals surface area (Å²) in [5, 5.41) is 7.20. The molecule has 0 spiro atoms. The Kier molecular flexibility index (Phi) is 4.60. The summed E-state index contributed by atoms with van der Waals surface area (Å²) in [5.74, 6) is 0.717. The van der Waals surface area contributed by atoms with E-state index in [0.29, 0.717) is 25.6 Å². The molecule has 0 radical (unpaired) electrons. The molecule has 0 atom stereocenters. The number of aromatic nitrogens is 3. The van der Waals surface area contributed by atoms with E-state index in [9.17, 15) is 4.79 Å². The van der Waals surface area contributed by atoms with Crippen LogP contribution in [0, 0.1) is 0 Å². The second-order valence-corrected chi connectivity index (χ2v) is 6.79. The van der Waals surface area contributed by atoms with Crippen LogP contribution in [-0.4, -0.2) is 38.3 Å². The molecule has 2 heterocycles. The summed E-state index contributed by atoms with van der Waals surface area (Å²) in [6.07, 6.45) is 7.43. The molecule has 3 aromatic rings. The predicted molar refractivity (Wildman–Crippen MR) is 97.5 cm³/mol. The fourth-order valence-electron chi connectivity index (χ4n) is 3.07. The minimum atomic E-state index is -0.00563. The maximum Gasteiger partial charge on any atom is 0.317 e. The zero-order valence-electron chi connectivity index (χ0n) is 14.9. The van der Waals surface area contributed by atoms with Crippen LogP contribution in [0.2, 0.25) is 0 Å². The standard InChI is InChI=1S/C19H23N5O2/c1-23-12-14(11-21-23)13-24(15-8-9-15)19(25)20-10-4-7-18-22-16-5-2-3-6-17(16)26-18/h2-3,5-6,11-12,15H,4,7-10,13H2,1H3,(H,20,25). The molecule has 0 unspecified atom stereocenters. The molecule has 0 aliphatic heterocycles. The summed E-state index contributed by atoms with van der Waals surface area (Å²) in [4.78, 5) is 18.9. The molecule has 7 nitrogen and oxygen atoms in total. The number of rotatable bonds is 7. The summed E-state index contributed by atoms with van der Waals surface area (Å²) < 4.78 is 7.47. The Balaban J connectivity index is 1.26. The molecule has 4 rings (SSSR count). The quantitative estimate of drug-likeness (QED) is 0.663. The van der Waals surface area contributed by atoms with Gasteiger partial charge in [-0.3, -0.25) is 4.68 Å².